The number of benzene rings is 6. The van der Waals surface area contributed by atoms with Gasteiger partial charge in [-0.25, -0.2) is 4.98 Å². The first-order valence-corrected chi connectivity index (χ1v) is 17.9. The number of nitrogens with one attached hydrogen (secondary N) is 2. The molecule has 0 fully saturated rings. The molecule has 1 aromatic heterocycles. The molecule has 9 rings (SSSR count). The summed E-state index contributed by atoms with van der Waals surface area (Å²) >= 11 is 3.61. The summed E-state index contributed by atoms with van der Waals surface area (Å²) in [5, 5.41) is 8.97. The first-order chi connectivity index (χ1) is 23.8. The first-order valence-electron chi connectivity index (χ1n) is 16.2. The topological polar surface area (TPSA) is 37.0 Å². The molecule has 230 valence electrons. The van der Waals surface area contributed by atoms with Gasteiger partial charge in [-0.3, -0.25) is 0 Å². The van der Waals surface area contributed by atoms with Gasteiger partial charge in [-0.1, -0.05) is 145 Å². The third-order valence-electron chi connectivity index (χ3n) is 9.07. The summed E-state index contributed by atoms with van der Waals surface area (Å²) in [4.78, 5) is 6.20. The van der Waals surface area contributed by atoms with E-state index in [-0.39, 0.29) is 11.4 Å². The number of dihydropyridines is 1. The van der Waals surface area contributed by atoms with Crippen LogP contribution < -0.4 is 10.6 Å². The van der Waals surface area contributed by atoms with Gasteiger partial charge in [0.15, 0.2) is 0 Å². The molecule has 0 radical (unpaired) electrons. The van der Waals surface area contributed by atoms with Crippen LogP contribution in [0.15, 0.2) is 169 Å². The van der Waals surface area contributed by atoms with Crippen molar-refractivity contribution in [2.24, 2.45) is 0 Å². The molecule has 2 unspecified atom stereocenters. The zero-order valence-electron chi connectivity index (χ0n) is 26.0. The molecule has 0 spiro atoms. The summed E-state index contributed by atoms with van der Waals surface area (Å²) in [5.41, 5.74) is 13.0. The van der Waals surface area contributed by atoms with E-state index in [1.54, 1.807) is 11.3 Å². The maximum atomic E-state index is 4.91. The Bertz CT molecular complexity index is 2250. The molecule has 2 atom stereocenters. The van der Waals surface area contributed by atoms with E-state index >= 15 is 0 Å². The van der Waals surface area contributed by atoms with Crippen LogP contribution in [0, 0.1) is 0 Å². The highest BCUT2D eigenvalue weighted by atomic mass is 32.2. The number of rotatable bonds is 6. The summed E-state index contributed by atoms with van der Waals surface area (Å²) in [6.45, 7) is 0. The lowest BCUT2D eigenvalue weighted by Crippen LogP contribution is -2.25. The maximum Gasteiger partial charge on any atom is 0.124 e. The van der Waals surface area contributed by atoms with Gasteiger partial charge in [0, 0.05) is 21.7 Å². The highest BCUT2D eigenvalue weighted by molar-refractivity contribution is 8.00. The van der Waals surface area contributed by atoms with Crippen molar-refractivity contribution in [3.05, 3.63) is 192 Å². The summed E-state index contributed by atoms with van der Waals surface area (Å²) in [5.74, 6) is 0. The molecule has 0 saturated carbocycles. The highest BCUT2D eigenvalue weighted by Gasteiger charge is 2.28. The van der Waals surface area contributed by atoms with E-state index < -0.39 is 0 Å². The van der Waals surface area contributed by atoms with E-state index in [1.165, 1.54) is 48.7 Å². The van der Waals surface area contributed by atoms with Crippen LogP contribution >= 0.6 is 23.1 Å². The average Bonchev–Trinajstić information content (AvgIpc) is 3.80. The Morgan fingerprint density at radius 3 is 1.92 bits per heavy atom. The Hall–Kier alpha value is -5.36. The van der Waals surface area contributed by atoms with Crippen molar-refractivity contribution in [3.63, 3.8) is 0 Å². The van der Waals surface area contributed by atoms with E-state index in [0.29, 0.717) is 0 Å². The molecule has 2 N–H and O–H groups in total. The molecule has 3 nitrogen and oxygen atoms in total. The molecular formula is C43H31N3S2. The molecule has 5 heteroatoms. The van der Waals surface area contributed by atoms with Crippen LogP contribution in [0.1, 0.15) is 39.2 Å². The summed E-state index contributed by atoms with van der Waals surface area (Å²) in [6, 6.07) is 56.3. The van der Waals surface area contributed by atoms with Crippen LogP contribution in [0.3, 0.4) is 0 Å². The largest absolute Gasteiger partial charge is 0.373 e. The third-order valence-corrected chi connectivity index (χ3v) is 11.4. The quantitative estimate of drug-likeness (QED) is 0.187. The fraction of sp³-hybridized carbons (Fsp3) is 0.0465. The van der Waals surface area contributed by atoms with Crippen LogP contribution in [0.4, 0.5) is 5.69 Å². The minimum atomic E-state index is -0.0331. The number of thiazole rings is 1. The van der Waals surface area contributed by atoms with Gasteiger partial charge < -0.3 is 10.6 Å². The second kappa shape index (κ2) is 12.3. The first kappa shape index (κ1) is 28.8. The van der Waals surface area contributed by atoms with E-state index in [0.717, 1.165) is 27.3 Å². The second-order valence-corrected chi connectivity index (χ2v) is 14.2. The van der Waals surface area contributed by atoms with E-state index in [2.05, 4.69) is 168 Å². The van der Waals surface area contributed by atoms with Gasteiger partial charge in [0.1, 0.15) is 10.4 Å². The number of fused-ring (bicyclic) bond motifs is 2. The molecule has 48 heavy (non-hydrogen) atoms. The van der Waals surface area contributed by atoms with Gasteiger partial charge in [0.2, 0.25) is 0 Å². The number of para-hydroxylation sites is 2. The number of nitrogens with zero attached hydrogens (tertiary/aromatic N) is 1. The lowest BCUT2D eigenvalue weighted by atomic mass is 9.84. The van der Waals surface area contributed by atoms with E-state index in [1.807, 2.05) is 17.8 Å². The van der Waals surface area contributed by atoms with Crippen molar-refractivity contribution >= 4 is 55.8 Å². The van der Waals surface area contributed by atoms with E-state index in [9.17, 15) is 0 Å². The molecule has 2 aliphatic heterocycles. The van der Waals surface area contributed by atoms with Crippen molar-refractivity contribution in [1.29, 1.82) is 0 Å². The fourth-order valence-electron chi connectivity index (χ4n) is 6.61. The zero-order chi connectivity index (χ0) is 31.9. The Morgan fingerprint density at radius 1 is 0.521 bits per heavy atom. The lowest BCUT2D eigenvalue weighted by molar-refractivity contribution is 0.784. The number of thioether (sulfide) groups is 1. The van der Waals surface area contributed by atoms with Crippen LogP contribution in [0.2, 0.25) is 0 Å². The zero-order valence-corrected chi connectivity index (χ0v) is 27.6. The molecule has 7 aromatic rings. The van der Waals surface area contributed by atoms with Gasteiger partial charge in [0.25, 0.3) is 0 Å². The molecule has 0 bridgehead atoms. The summed E-state index contributed by atoms with van der Waals surface area (Å²) in [6.07, 6.45) is 2.39. The Kier molecular flexibility index (Phi) is 7.41. The molecule has 0 saturated heterocycles. The van der Waals surface area contributed by atoms with Gasteiger partial charge in [0.05, 0.1) is 22.0 Å². The molecule has 0 aliphatic carbocycles. The molecule has 3 heterocycles. The molecule has 2 aliphatic rings. The predicted octanol–water partition coefficient (Wildman–Crippen LogP) is 11.5. The van der Waals surface area contributed by atoms with Crippen molar-refractivity contribution in [2.75, 3.05) is 5.32 Å². The van der Waals surface area contributed by atoms with Crippen molar-refractivity contribution in [3.8, 4) is 10.6 Å². The lowest BCUT2D eigenvalue weighted by Gasteiger charge is -2.32. The number of anilines is 1. The standard InChI is InChI=1S/C43H31N3S2/c1-3-11-28(12-4-1)34-27-35(29-13-5-2-6-14-29)41(31-21-25-33(26-22-31)43-45-37-16-8-10-18-39(37)48-43)46-40(34)30-19-23-32(24-20-30)42-44-36-15-7-9-17-38(36)47-42/h1-27,40,42,44,46H. The van der Waals surface area contributed by atoms with Crippen LogP contribution in [0.25, 0.3) is 37.6 Å². The van der Waals surface area contributed by atoms with Crippen LogP contribution in [0.5, 0.6) is 0 Å². The third kappa shape index (κ3) is 5.41. The van der Waals surface area contributed by atoms with Gasteiger partial charge in [-0.2, -0.15) is 0 Å². The number of aromatic nitrogens is 1. The van der Waals surface area contributed by atoms with E-state index in [4.69, 9.17) is 4.98 Å². The number of hydrogen-bond acceptors (Lipinski definition) is 5. The Labute approximate surface area is 288 Å². The maximum absolute atomic E-state index is 4.91. The number of allylic oxidation sites excluding steroid dienone is 2. The van der Waals surface area contributed by atoms with Crippen LogP contribution in [-0.2, 0) is 0 Å². The predicted molar refractivity (Wildman–Crippen MR) is 204 cm³/mol. The van der Waals surface area contributed by atoms with Crippen molar-refractivity contribution in [1.82, 2.24) is 10.3 Å². The second-order valence-electron chi connectivity index (χ2n) is 12.1. The highest BCUT2D eigenvalue weighted by Crippen LogP contribution is 2.47. The average molecular weight is 654 g/mol. The molecule has 0 amide bonds. The van der Waals surface area contributed by atoms with Gasteiger partial charge >= 0.3 is 0 Å². The van der Waals surface area contributed by atoms with Crippen LogP contribution in [-0.4, -0.2) is 4.98 Å². The van der Waals surface area contributed by atoms with Crippen molar-refractivity contribution < 1.29 is 0 Å². The van der Waals surface area contributed by atoms with Gasteiger partial charge in [-0.15, -0.1) is 11.3 Å². The summed E-state index contributed by atoms with van der Waals surface area (Å²) in [7, 11) is 0. The Balaban J connectivity index is 1.11. The minimum Gasteiger partial charge on any atom is -0.373 e. The smallest absolute Gasteiger partial charge is 0.124 e. The fourth-order valence-corrected chi connectivity index (χ4v) is 8.73. The Morgan fingerprint density at radius 2 is 1.17 bits per heavy atom. The monoisotopic (exact) mass is 653 g/mol. The normalized spacial score (nSPS) is 17.0. The summed E-state index contributed by atoms with van der Waals surface area (Å²) < 4.78 is 1.21. The van der Waals surface area contributed by atoms with Gasteiger partial charge in [-0.05, 0) is 63.7 Å². The SMILES string of the molecule is C1=C(c2ccccc2)C(c2ccc(C3Nc4ccccc4S3)cc2)NC(c2ccc(-c3nc4ccccc4s3)cc2)=C1c1ccccc1. The molecule has 6 aromatic carbocycles. The number of hydrogen-bond donors (Lipinski definition) is 2. The molecular weight excluding hydrogens is 623 g/mol. The van der Waals surface area contributed by atoms with Crippen molar-refractivity contribution in [2.45, 2.75) is 16.3 Å². The minimum absolute atomic E-state index is 0.0331.